The van der Waals surface area contributed by atoms with Gasteiger partial charge in [-0.3, -0.25) is 4.79 Å². The van der Waals surface area contributed by atoms with Gasteiger partial charge < -0.3 is 5.11 Å². The number of aliphatic hydroxyl groups is 1. The van der Waals surface area contributed by atoms with Gasteiger partial charge in [0, 0.05) is 26.2 Å². The molecule has 0 spiro atoms. The smallest absolute Gasteiger partial charge is 0.155 e. The molecule has 0 aliphatic heterocycles. The molecule has 0 heterocycles. The number of carbonyl (C=O) groups excluding carboxylic acids is 1. The summed E-state index contributed by atoms with van der Waals surface area (Å²) in [6.07, 6.45) is 15.2. The van der Waals surface area contributed by atoms with Crippen LogP contribution >= 0.6 is 0 Å². The molecule has 0 saturated heterocycles. The Morgan fingerprint density at radius 2 is 1.31 bits per heavy atom. The summed E-state index contributed by atoms with van der Waals surface area (Å²) in [6.45, 7) is 2.85. The summed E-state index contributed by atoms with van der Waals surface area (Å²) in [4.78, 5) is 10.0. The Hall–Kier alpha value is -0.661. The van der Waals surface area contributed by atoms with Crippen molar-refractivity contribution in [1.29, 1.82) is 0 Å². The van der Waals surface area contributed by atoms with Gasteiger partial charge in [-0.2, -0.15) is 0 Å². The number of hydrogen-bond acceptors (Lipinski definition) is 2. The average molecular weight is 401 g/mol. The van der Waals surface area contributed by atoms with Gasteiger partial charge in [0.25, 0.3) is 0 Å². The van der Waals surface area contributed by atoms with E-state index >= 15 is 0 Å². The van der Waals surface area contributed by atoms with Crippen LogP contribution in [0.3, 0.4) is 0 Å². The van der Waals surface area contributed by atoms with Crippen molar-refractivity contribution < 1.29 is 30.0 Å². The maximum absolute atomic E-state index is 10.0. The molecule has 0 amide bonds. The summed E-state index contributed by atoms with van der Waals surface area (Å²) < 4.78 is 0. The van der Waals surface area contributed by atoms with Crippen molar-refractivity contribution in [1.82, 2.24) is 0 Å². The Kier molecular flexibility index (Phi) is 13.7. The summed E-state index contributed by atoms with van der Waals surface area (Å²) in [5, 5.41) is 8.36. The van der Waals surface area contributed by atoms with Gasteiger partial charge in [0.1, 0.15) is 0 Å². The minimum atomic E-state index is -0.125. The molecule has 1 aliphatic carbocycles. The molecule has 1 rings (SSSR count). The number of rotatable bonds is 1. The van der Waals surface area contributed by atoms with Crippen LogP contribution in [0.4, 0.5) is 0 Å². The van der Waals surface area contributed by atoms with E-state index in [4.69, 9.17) is 5.11 Å². The van der Waals surface area contributed by atoms with Crippen molar-refractivity contribution in [2.24, 2.45) is 0 Å². The fourth-order valence-electron chi connectivity index (χ4n) is 1.15. The quantitative estimate of drug-likeness (QED) is 0.414. The molecule has 0 bridgehead atoms. The zero-order chi connectivity index (χ0) is 11.5. The van der Waals surface area contributed by atoms with Gasteiger partial charge in [-0.15, -0.1) is 0 Å². The first kappa shape index (κ1) is 17.7. The van der Waals surface area contributed by atoms with Crippen molar-refractivity contribution in [2.75, 3.05) is 0 Å². The van der Waals surface area contributed by atoms with Crippen molar-refractivity contribution in [3.05, 3.63) is 36.1 Å². The van der Waals surface area contributed by atoms with Gasteiger partial charge in [-0.05, 0) is 39.5 Å². The Labute approximate surface area is 111 Å². The van der Waals surface area contributed by atoms with E-state index < -0.39 is 0 Å². The molecule has 3 heteroatoms. The Balaban J connectivity index is 0. The van der Waals surface area contributed by atoms with Gasteiger partial charge in [-0.25, -0.2) is 0 Å². The van der Waals surface area contributed by atoms with Crippen LogP contribution in [0.15, 0.2) is 36.1 Å². The van der Waals surface area contributed by atoms with Crippen LogP contribution in [0.5, 0.6) is 0 Å². The van der Waals surface area contributed by atoms with Gasteiger partial charge >= 0.3 is 0 Å². The molecule has 16 heavy (non-hydrogen) atoms. The van der Waals surface area contributed by atoms with E-state index in [0.717, 1.165) is 0 Å². The summed E-state index contributed by atoms with van der Waals surface area (Å²) in [5.41, 5.74) is 0. The molecule has 1 radical (unpaired) electrons. The maximum atomic E-state index is 10.0. The second-order valence-corrected chi connectivity index (χ2v) is 3.49. The fourth-order valence-corrected chi connectivity index (χ4v) is 1.15. The predicted molar refractivity (Wildman–Crippen MR) is 63.8 cm³/mol. The summed E-state index contributed by atoms with van der Waals surface area (Å²) in [6, 6.07) is 0. The summed E-state index contributed by atoms with van der Waals surface area (Å²) >= 11 is 0. The van der Waals surface area contributed by atoms with Gasteiger partial charge in [0.05, 0.1) is 5.76 Å². The van der Waals surface area contributed by atoms with E-state index in [0.29, 0.717) is 0 Å². The number of ketones is 1. The zero-order valence-corrected chi connectivity index (χ0v) is 12.3. The number of hydrogen-bond donors (Lipinski definition) is 1. The molecule has 0 aromatic rings. The largest absolute Gasteiger partial charge is 0.512 e. The van der Waals surface area contributed by atoms with E-state index in [-0.39, 0.29) is 31.6 Å². The normalized spacial score (nSPS) is 19.0. The second kappa shape index (κ2) is 12.4. The molecule has 0 aromatic carbocycles. The van der Waals surface area contributed by atoms with Gasteiger partial charge in [0.15, 0.2) is 5.78 Å². The first-order valence-corrected chi connectivity index (χ1v) is 5.30. The molecular weight excluding hydrogens is 380 g/mol. The first-order chi connectivity index (χ1) is 7.13. The van der Waals surface area contributed by atoms with Crippen molar-refractivity contribution in [3.8, 4) is 0 Å². The summed E-state index contributed by atoms with van der Waals surface area (Å²) in [5.74, 6) is -0.0625. The molecule has 0 unspecified atom stereocenters. The van der Waals surface area contributed by atoms with Crippen LogP contribution in [0.25, 0.3) is 0 Å². The minimum Gasteiger partial charge on any atom is -0.512 e. The number of aliphatic hydroxyl groups excluding tert-OH is 1. The van der Waals surface area contributed by atoms with Crippen LogP contribution < -0.4 is 0 Å². The molecular formula is C13H20IrO2. The van der Waals surface area contributed by atoms with Crippen molar-refractivity contribution in [2.45, 2.75) is 39.5 Å². The van der Waals surface area contributed by atoms with E-state index in [1.165, 1.54) is 45.6 Å². The van der Waals surface area contributed by atoms with Crippen molar-refractivity contribution in [3.63, 3.8) is 0 Å². The Morgan fingerprint density at radius 1 is 1.00 bits per heavy atom. The Morgan fingerprint density at radius 3 is 1.44 bits per heavy atom. The molecule has 2 nitrogen and oxygen atoms in total. The standard InChI is InChI=1S/C8H12.C5H8O2.Ir/c1-2-4-6-8-7-5-3-1;1-4(6)3-5(2)7;/h1-2,7-8H,3-6H2;3,6H,1-2H3;/b2-1-,8-7-;4-3+;. The topological polar surface area (TPSA) is 37.3 Å². The third-order valence-electron chi connectivity index (χ3n) is 1.75. The molecule has 1 N–H and O–H groups in total. The van der Waals surface area contributed by atoms with Crippen LogP contribution in [-0.2, 0) is 24.9 Å². The van der Waals surface area contributed by atoms with Crippen LogP contribution in [-0.4, -0.2) is 10.9 Å². The monoisotopic (exact) mass is 401 g/mol. The van der Waals surface area contributed by atoms with Gasteiger partial charge in [-0.1, -0.05) is 24.3 Å². The number of allylic oxidation sites excluding steroid dienone is 6. The first-order valence-electron chi connectivity index (χ1n) is 5.30. The maximum Gasteiger partial charge on any atom is 0.155 e. The number of carbonyl (C=O) groups is 1. The zero-order valence-electron chi connectivity index (χ0n) is 9.90. The van der Waals surface area contributed by atoms with E-state index in [9.17, 15) is 4.79 Å². The van der Waals surface area contributed by atoms with E-state index in [2.05, 4.69) is 24.3 Å². The molecule has 93 valence electrons. The Bertz CT molecular complexity index is 235. The average Bonchev–Trinajstić information content (AvgIpc) is 1.99. The van der Waals surface area contributed by atoms with E-state index in [1.807, 2.05) is 0 Å². The SMILES string of the molecule is C1=C\CC/C=C\CC/1.CC(=O)/C=C(\C)O.[Ir]. The van der Waals surface area contributed by atoms with Crippen LogP contribution in [0, 0.1) is 0 Å². The fraction of sp³-hybridized carbons (Fsp3) is 0.462. The summed E-state index contributed by atoms with van der Waals surface area (Å²) in [7, 11) is 0. The molecule has 0 fully saturated rings. The molecule has 0 atom stereocenters. The molecule has 0 aromatic heterocycles. The van der Waals surface area contributed by atoms with Gasteiger partial charge in [0.2, 0.25) is 0 Å². The third-order valence-corrected chi connectivity index (χ3v) is 1.75. The molecule has 1 aliphatic rings. The van der Waals surface area contributed by atoms with Crippen LogP contribution in [0.2, 0.25) is 0 Å². The third kappa shape index (κ3) is 15.8. The van der Waals surface area contributed by atoms with Crippen molar-refractivity contribution >= 4 is 5.78 Å². The van der Waals surface area contributed by atoms with E-state index in [1.54, 1.807) is 0 Å². The minimum absolute atomic E-state index is 0. The second-order valence-electron chi connectivity index (χ2n) is 3.49. The van der Waals surface area contributed by atoms with Crippen LogP contribution in [0.1, 0.15) is 39.5 Å². The molecule has 0 saturated carbocycles. The predicted octanol–water partition coefficient (Wildman–Crippen LogP) is 3.71.